The summed E-state index contributed by atoms with van der Waals surface area (Å²) in [5.41, 5.74) is 6.57. The number of rotatable bonds is 5. The summed E-state index contributed by atoms with van der Waals surface area (Å²) in [5, 5.41) is 9.52. The van der Waals surface area contributed by atoms with Gasteiger partial charge in [-0.05, 0) is 39.6 Å². The van der Waals surface area contributed by atoms with Crippen LogP contribution in [-0.4, -0.2) is 29.8 Å². The first-order valence-electron chi connectivity index (χ1n) is 9.31. The van der Waals surface area contributed by atoms with Crippen molar-refractivity contribution in [3.8, 4) is 0 Å². The zero-order valence-corrected chi connectivity index (χ0v) is 15.3. The summed E-state index contributed by atoms with van der Waals surface area (Å²) < 4.78 is 0. The van der Waals surface area contributed by atoms with Crippen LogP contribution in [0.15, 0.2) is 54.6 Å². The van der Waals surface area contributed by atoms with Crippen LogP contribution in [0.3, 0.4) is 0 Å². The second-order valence-electron chi connectivity index (χ2n) is 7.12. The van der Waals surface area contributed by atoms with Gasteiger partial charge in [-0.25, -0.2) is 0 Å². The molecule has 0 radical (unpaired) electrons. The number of fused-ring (bicyclic) bond motifs is 2. The molecule has 3 aromatic carbocycles. The number of hydrogen-bond acceptors (Lipinski definition) is 3. The number of primary amides is 1. The molecule has 3 amide bonds. The molecule has 1 aliphatic heterocycles. The van der Waals surface area contributed by atoms with Crippen molar-refractivity contribution in [1.29, 1.82) is 0 Å². The third kappa shape index (κ3) is 3.41. The van der Waals surface area contributed by atoms with Crippen molar-refractivity contribution in [2.75, 3.05) is 0 Å². The summed E-state index contributed by atoms with van der Waals surface area (Å²) in [6, 6.07) is 16.5. The normalized spacial score (nSPS) is 17.4. The third-order valence-electron chi connectivity index (χ3n) is 5.26. The molecule has 4 N–H and O–H groups in total. The molecule has 1 saturated heterocycles. The number of nitrogens with one attached hydrogen (secondary N) is 2. The maximum atomic E-state index is 12.5. The van der Waals surface area contributed by atoms with E-state index in [1.54, 1.807) is 0 Å². The Labute approximate surface area is 162 Å². The van der Waals surface area contributed by atoms with Crippen LogP contribution in [-0.2, 0) is 20.8 Å². The largest absolute Gasteiger partial charge is 0.368 e. The molecule has 0 aliphatic carbocycles. The lowest BCUT2D eigenvalue weighted by Gasteiger charge is -2.20. The summed E-state index contributed by atoms with van der Waals surface area (Å²) in [6.07, 6.45) is 1.02. The highest BCUT2D eigenvalue weighted by Gasteiger charge is 2.30. The first-order chi connectivity index (χ1) is 13.5. The number of benzene rings is 3. The van der Waals surface area contributed by atoms with Crippen molar-refractivity contribution in [2.45, 2.75) is 31.3 Å². The number of carbonyl (C=O) groups excluding carboxylic acids is 3. The molecule has 6 heteroatoms. The van der Waals surface area contributed by atoms with Gasteiger partial charge >= 0.3 is 0 Å². The molecule has 0 spiro atoms. The molecule has 28 heavy (non-hydrogen) atoms. The lowest BCUT2D eigenvalue weighted by Crippen LogP contribution is -2.51. The summed E-state index contributed by atoms with van der Waals surface area (Å²) in [4.78, 5) is 36.0. The Morgan fingerprint density at radius 2 is 1.68 bits per heavy atom. The molecular formula is C22H21N3O3. The Kier molecular flexibility index (Phi) is 4.69. The average Bonchev–Trinajstić information content (AvgIpc) is 3.13. The maximum absolute atomic E-state index is 12.5. The van der Waals surface area contributed by atoms with Crippen LogP contribution in [0.5, 0.6) is 0 Å². The fourth-order valence-electron chi connectivity index (χ4n) is 3.84. The van der Waals surface area contributed by atoms with Gasteiger partial charge in [-0.2, -0.15) is 0 Å². The Hall–Kier alpha value is -3.41. The Balaban J connectivity index is 1.70. The van der Waals surface area contributed by atoms with Gasteiger partial charge in [-0.1, -0.05) is 48.5 Å². The van der Waals surface area contributed by atoms with Crippen LogP contribution in [0.4, 0.5) is 0 Å². The highest BCUT2D eigenvalue weighted by atomic mass is 16.2. The van der Waals surface area contributed by atoms with Gasteiger partial charge in [0.1, 0.15) is 12.1 Å². The van der Waals surface area contributed by atoms with Gasteiger partial charge in [0, 0.05) is 12.8 Å². The third-order valence-corrected chi connectivity index (χ3v) is 5.26. The molecular weight excluding hydrogens is 354 g/mol. The van der Waals surface area contributed by atoms with Gasteiger partial charge in [0.2, 0.25) is 17.7 Å². The highest BCUT2D eigenvalue weighted by molar-refractivity contribution is 6.03. The Morgan fingerprint density at radius 1 is 1.07 bits per heavy atom. The van der Waals surface area contributed by atoms with Gasteiger partial charge in [-0.15, -0.1) is 0 Å². The maximum Gasteiger partial charge on any atom is 0.243 e. The van der Waals surface area contributed by atoms with Crippen LogP contribution >= 0.6 is 0 Å². The SMILES string of the molecule is NC(=O)[C@@H](Cc1c2ccccc2cc2ccccc12)NC(=O)[C@@H]1CCC(=O)N1. The second kappa shape index (κ2) is 7.31. The lowest BCUT2D eigenvalue weighted by atomic mass is 9.92. The minimum atomic E-state index is -0.862. The van der Waals surface area contributed by atoms with E-state index in [0.29, 0.717) is 12.8 Å². The molecule has 0 aromatic heterocycles. The molecule has 0 unspecified atom stereocenters. The van der Waals surface area contributed by atoms with E-state index in [2.05, 4.69) is 16.7 Å². The van der Waals surface area contributed by atoms with Crippen LogP contribution in [0, 0.1) is 0 Å². The zero-order valence-electron chi connectivity index (χ0n) is 15.3. The number of nitrogens with two attached hydrogens (primary N) is 1. The van der Waals surface area contributed by atoms with Crippen LogP contribution < -0.4 is 16.4 Å². The fourth-order valence-corrected chi connectivity index (χ4v) is 3.84. The van der Waals surface area contributed by atoms with E-state index in [0.717, 1.165) is 27.1 Å². The van der Waals surface area contributed by atoms with E-state index in [4.69, 9.17) is 5.73 Å². The molecule has 4 rings (SSSR count). The van der Waals surface area contributed by atoms with E-state index < -0.39 is 18.0 Å². The smallest absolute Gasteiger partial charge is 0.243 e. The lowest BCUT2D eigenvalue weighted by molar-refractivity contribution is -0.129. The zero-order chi connectivity index (χ0) is 19.7. The van der Waals surface area contributed by atoms with Gasteiger partial charge in [0.25, 0.3) is 0 Å². The van der Waals surface area contributed by atoms with E-state index in [1.165, 1.54) is 0 Å². The summed E-state index contributed by atoms with van der Waals surface area (Å²) in [6.45, 7) is 0. The number of amides is 3. The Morgan fingerprint density at radius 3 is 2.21 bits per heavy atom. The quantitative estimate of drug-likeness (QED) is 0.593. The number of hydrogen-bond donors (Lipinski definition) is 3. The summed E-state index contributed by atoms with van der Waals surface area (Å²) in [7, 11) is 0. The van der Waals surface area contributed by atoms with Crippen molar-refractivity contribution >= 4 is 39.3 Å². The van der Waals surface area contributed by atoms with Gasteiger partial charge in [0.15, 0.2) is 0 Å². The molecule has 3 aromatic rings. The molecule has 1 aliphatic rings. The fraction of sp³-hybridized carbons (Fsp3) is 0.227. The van der Waals surface area contributed by atoms with E-state index in [-0.39, 0.29) is 18.2 Å². The molecule has 142 valence electrons. The summed E-state index contributed by atoms with van der Waals surface area (Å²) in [5.74, 6) is -1.13. The predicted molar refractivity (Wildman–Crippen MR) is 107 cm³/mol. The molecule has 1 heterocycles. The second-order valence-corrected chi connectivity index (χ2v) is 7.12. The summed E-state index contributed by atoms with van der Waals surface area (Å²) >= 11 is 0. The first kappa shape index (κ1) is 18.0. The highest BCUT2D eigenvalue weighted by Crippen LogP contribution is 2.29. The molecule has 0 saturated carbocycles. The van der Waals surface area contributed by atoms with Crippen molar-refractivity contribution in [3.05, 3.63) is 60.2 Å². The monoisotopic (exact) mass is 375 g/mol. The van der Waals surface area contributed by atoms with Crippen LogP contribution in [0.2, 0.25) is 0 Å². The molecule has 6 nitrogen and oxygen atoms in total. The van der Waals surface area contributed by atoms with Crippen molar-refractivity contribution < 1.29 is 14.4 Å². The van der Waals surface area contributed by atoms with E-state index in [9.17, 15) is 14.4 Å². The predicted octanol–water partition coefficient (Wildman–Crippen LogP) is 1.78. The van der Waals surface area contributed by atoms with E-state index >= 15 is 0 Å². The van der Waals surface area contributed by atoms with Gasteiger partial charge < -0.3 is 16.4 Å². The van der Waals surface area contributed by atoms with Crippen LogP contribution in [0.25, 0.3) is 21.5 Å². The minimum Gasteiger partial charge on any atom is -0.368 e. The first-order valence-corrected chi connectivity index (χ1v) is 9.31. The van der Waals surface area contributed by atoms with Gasteiger partial charge in [0.05, 0.1) is 0 Å². The Bertz CT molecular complexity index is 1040. The van der Waals surface area contributed by atoms with Crippen molar-refractivity contribution in [2.24, 2.45) is 5.73 Å². The minimum absolute atomic E-state index is 0.157. The standard InChI is InChI=1S/C22H21N3O3/c23-21(27)19(25-22(28)18-9-10-20(26)24-18)12-17-15-7-3-1-5-13(15)11-14-6-2-4-8-16(14)17/h1-8,11,18-19H,9-10,12H2,(H2,23,27)(H,24,26)(H,25,28)/t18-,19+/m0/s1. The van der Waals surface area contributed by atoms with E-state index in [1.807, 2.05) is 48.5 Å². The average molecular weight is 375 g/mol. The van der Waals surface area contributed by atoms with Crippen molar-refractivity contribution in [1.82, 2.24) is 10.6 Å². The number of carbonyl (C=O) groups is 3. The van der Waals surface area contributed by atoms with Gasteiger partial charge in [-0.3, -0.25) is 14.4 Å². The van der Waals surface area contributed by atoms with Crippen molar-refractivity contribution in [3.63, 3.8) is 0 Å². The molecule has 2 atom stereocenters. The molecule has 1 fully saturated rings. The van der Waals surface area contributed by atoms with Crippen LogP contribution in [0.1, 0.15) is 18.4 Å². The molecule has 0 bridgehead atoms. The topological polar surface area (TPSA) is 101 Å².